The zero-order chi connectivity index (χ0) is 14.5. The first-order valence-electron chi connectivity index (χ1n) is 6.69. The Morgan fingerprint density at radius 2 is 2.05 bits per heavy atom. The molecule has 21 heavy (non-hydrogen) atoms. The van der Waals surface area contributed by atoms with Crippen molar-refractivity contribution >= 4 is 41.5 Å². The van der Waals surface area contributed by atoms with Crippen LogP contribution in [0, 0.1) is 5.92 Å². The number of aliphatic hydroxyl groups excluding tert-OH is 1. The average molecular weight is 354 g/mol. The van der Waals surface area contributed by atoms with E-state index < -0.39 is 6.10 Å². The van der Waals surface area contributed by atoms with Crippen LogP contribution in [0.3, 0.4) is 0 Å². The van der Waals surface area contributed by atoms with Crippen molar-refractivity contribution < 1.29 is 9.90 Å². The molecule has 2 atom stereocenters. The third-order valence-electron chi connectivity index (χ3n) is 3.41. The largest absolute Gasteiger partial charge is 0.387 e. The van der Waals surface area contributed by atoms with E-state index in [1.807, 2.05) is 0 Å². The van der Waals surface area contributed by atoms with Crippen LogP contribution in [-0.2, 0) is 4.79 Å². The number of nitrogens with one attached hydrogen (secondary N) is 2. The number of carbonyl (C=O) groups is 1. The van der Waals surface area contributed by atoms with Gasteiger partial charge in [0.2, 0.25) is 5.91 Å². The summed E-state index contributed by atoms with van der Waals surface area (Å²) in [4.78, 5) is 12.0. The Bertz CT molecular complexity index is 459. The Kier molecular flexibility index (Phi) is 7.77. The van der Waals surface area contributed by atoms with Crippen molar-refractivity contribution in [3.63, 3.8) is 0 Å². The summed E-state index contributed by atoms with van der Waals surface area (Å²) >= 11 is 11.8. The number of benzene rings is 1. The maximum atomic E-state index is 12.0. The van der Waals surface area contributed by atoms with Gasteiger partial charge in [-0.05, 0) is 43.1 Å². The molecule has 0 bridgehead atoms. The van der Waals surface area contributed by atoms with Gasteiger partial charge in [0.05, 0.1) is 12.0 Å². The van der Waals surface area contributed by atoms with E-state index in [2.05, 4.69) is 10.6 Å². The fraction of sp³-hybridized carbons (Fsp3) is 0.500. The fourth-order valence-electron chi connectivity index (χ4n) is 2.30. The van der Waals surface area contributed by atoms with Gasteiger partial charge in [0.25, 0.3) is 0 Å². The van der Waals surface area contributed by atoms with E-state index in [4.69, 9.17) is 23.2 Å². The standard InChI is InChI=1S/C14H18Cl2N2O2.ClH/c15-11-4-10(5-12(16)6-11)13(19)8-18-14(20)9-2-1-3-17-7-9;/h4-6,9,13,17,19H,1-3,7-8H2,(H,18,20);1H. The zero-order valence-electron chi connectivity index (χ0n) is 11.4. The molecule has 2 rings (SSSR count). The van der Waals surface area contributed by atoms with Crippen molar-refractivity contribution in [2.45, 2.75) is 18.9 Å². The lowest BCUT2D eigenvalue weighted by molar-refractivity contribution is -0.125. The van der Waals surface area contributed by atoms with Gasteiger partial charge in [0.1, 0.15) is 0 Å². The first-order valence-corrected chi connectivity index (χ1v) is 7.44. The smallest absolute Gasteiger partial charge is 0.224 e. The number of rotatable bonds is 4. The second-order valence-corrected chi connectivity index (χ2v) is 5.88. The lowest BCUT2D eigenvalue weighted by Gasteiger charge is -2.22. The molecule has 1 heterocycles. The molecule has 1 aromatic rings. The molecule has 0 spiro atoms. The minimum Gasteiger partial charge on any atom is -0.387 e. The van der Waals surface area contributed by atoms with Gasteiger partial charge in [0, 0.05) is 23.1 Å². The van der Waals surface area contributed by atoms with E-state index in [9.17, 15) is 9.90 Å². The Balaban J connectivity index is 0.00000220. The van der Waals surface area contributed by atoms with Gasteiger partial charge in [-0.15, -0.1) is 12.4 Å². The van der Waals surface area contributed by atoms with Crippen LogP contribution in [0.4, 0.5) is 0 Å². The fourth-order valence-corrected chi connectivity index (χ4v) is 2.85. The molecule has 0 aromatic heterocycles. The SMILES string of the molecule is Cl.O=C(NCC(O)c1cc(Cl)cc(Cl)c1)C1CCCNC1. The summed E-state index contributed by atoms with van der Waals surface area (Å²) in [6.45, 7) is 1.82. The minimum absolute atomic E-state index is 0. The summed E-state index contributed by atoms with van der Waals surface area (Å²) in [6.07, 6.45) is 1.08. The normalized spacial score (nSPS) is 19.5. The first-order chi connectivity index (χ1) is 9.56. The number of carbonyl (C=O) groups excluding carboxylic acids is 1. The zero-order valence-corrected chi connectivity index (χ0v) is 13.8. The van der Waals surface area contributed by atoms with Crippen molar-refractivity contribution in [2.24, 2.45) is 5.92 Å². The van der Waals surface area contributed by atoms with E-state index in [-0.39, 0.29) is 30.8 Å². The van der Waals surface area contributed by atoms with Gasteiger partial charge < -0.3 is 15.7 Å². The number of aliphatic hydroxyl groups is 1. The maximum absolute atomic E-state index is 12.0. The van der Waals surface area contributed by atoms with Crippen LogP contribution in [-0.4, -0.2) is 30.6 Å². The molecule has 7 heteroatoms. The molecule has 0 radical (unpaired) electrons. The van der Waals surface area contributed by atoms with Gasteiger partial charge in [-0.3, -0.25) is 4.79 Å². The summed E-state index contributed by atoms with van der Waals surface area (Å²) in [5.41, 5.74) is 0.601. The van der Waals surface area contributed by atoms with Crippen LogP contribution >= 0.6 is 35.6 Å². The first kappa shape index (κ1) is 18.5. The van der Waals surface area contributed by atoms with Crippen molar-refractivity contribution in [3.05, 3.63) is 33.8 Å². The summed E-state index contributed by atoms with van der Waals surface area (Å²) in [5, 5.41) is 17.0. The molecule has 2 unspecified atom stereocenters. The van der Waals surface area contributed by atoms with E-state index in [0.717, 1.165) is 19.4 Å². The monoisotopic (exact) mass is 352 g/mol. The molecule has 3 N–H and O–H groups in total. The minimum atomic E-state index is -0.813. The third-order valence-corrected chi connectivity index (χ3v) is 3.84. The van der Waals surface area contributed by atoms with Crippen LogP contribution in [0.5, 0.6) is 0 Å². The molecule has 118 valence electrons. The van der Waals surface area contributed by atoms with Crippen molar-refractivity contribution in [3.8, 4) is 0 Å². The Hall–Kier alpha value is -0.520. The average Bonchev–Trinajstić information content (AvgIpc) is 2.44. The van der Waals surface area contributed by atoms with E-state index in [0.29, 0.717) is 22.2 Å². The molecule has 1 aliphatic rings. The molecule has 1 amide bonds. The second-order valence-electron chi connectivity index (χ2n) is 5.01. The number of piperidine rings is 1. The highest BCUT2D eigenvalue weighted by Gasteiger charge is 2.21. The van der Waals surface area contributed by atoms with Gasteiger partial charge in [-0.1, -0.05) is 23.2 Å². The quantitative estimate of drug-likeness (QED) is 0.779. The molecule has 0 saturated carbocycles. The van der Waals surface area contributed by atoms with Crippen LogP contribution in [0.15, 0.2) is 18.2 Å². The lowest BCUT2D eigenvalue weighted by Crippen LogP contribution is -2.41. The van der Waals surface area contributed by atoms with Gasteiger partial charge in [0.15, 0.2) is 0 Å². The van der Waals surface area contributed by atoms with E-state index in [1.54, 1.807) is 18.2 Å². The third kappa shape index (κ3) is 5.64. The van der Waals surface area contributed by atoms with Crippen molar-refractivity contribution in [1.82, 2.24) is 10.6 Å². The Morgan fingerprint density at radius 1 is 1.38 bits per heavy atom. The number of halogens is 3. The molecule has 1 aliphatic heterocycles. The van der Waals surface area contributed by atoms with Crippen molar-refractivity contribution in [1.29, 1.82) is 0 Å². The summed E-state index contributed by atoms with van der Waals surface area (Å²) in [6, 6.07) is 4.89. The predicted molar refractivity (Wildman–Crippen MR) is 87.3 cm³/mol. The predicted octanol–water partition coefficient (Wildman–Crippen LogP) is 2.56. The van der Waals surface area contributed by atoms with Crippen LogP contribution < -0.4 is 10.6 Å². The molecule has 1 saturated heterocycles. The molecule has 1 aromatic carbocycles. The van der Waals surface area contributed by atoms with E-state index >= 15 is 0 Å². The van der Waals surface area contributed by atoms with Crippen LogP contribution in [0.1, 0.15) is 24.5 Å². The molecular weight excluding hydrogens is 335 g/mol. The molecule has 0 aliphatic carbocycles. The van der Waals surface area contributed by atoms with Crippen LogP contribution in [0.25, 0.3) is 0 Å². The second kappa shape index (κ2) is 8.81. The highest BCUT2D eigenvalue weighted by Crippen LogP contribution is 2.23. The van der Waals surface area contributed by atoms with Crippen molar-refractivity contribution in [2.75, 3.05) is 19.6 Å². The Morgan fingerprint density at radius 3 is 2.62 bits per heavy atom. The number of amides is 1. The number of hydrogen-bond donors (Lipinski definition) is 3. The maximum Gasteiger partial charge on any atom is 0.224 e. The van der Waals surface area contributed by atoms with Gasteiger partial charge >= 0.3 is 0 Å². The lowest BCUT2D eigenvalue weighted by atomic mass is 9.98. The van der Waals surface area contributed by atoms with E-state index in [1.165, 1.54) is 0 Å². The highest BCUT2D eigenvalue weighted by atomic mass is 35.5. The van der Waals surface area contributed by atoms with Gasteiger partial charge in [-0.25, -0.2) is 0 Å². The van der Waals surface area contributed by atoms with Crippen LogP contribution in [0.2, 0.25) is 10.0 Å². The molecular formula is C14H19Cl3N2O2. The Labute approximate surface area is 140 Å². The topological polar surface area (TPSA) is 61.4 Å². The number of hydrogen-bond acceptors (Lipinski definition) is 3. The summed E-state index contributed by atoms with van der Waals surface area (Å²) in [7, 11) is 0. The van der Waals surface area contributed by atoms with Gasteiger partial charge in [-0.2, -0.15) is 0 Å². The molecule has 1 fully saturated rings. The molecule has 4 nitrogen and oxygen atoms in total. The summed E-state index contributed by atoms with van der Waals surface area (Å²) in [5.74, 6) is -0.0386. The summed E-state index contributed by atoms with van der Waals surface area (Å²) < 4.78 is 0. The highest BCUT2D eigenvalue weighted by molar-refractivity contribution is 6.34.